The predicted octanol–water partition coefficient (Wildman–Crippen LogP) is 0.625. The number of aliphatic hydroxyl groups excluding tert-OH is 1. The quantitative estimate of drug-likeness (QED) is 0.585. The highest BCUT2D eigenvalue weighted by atomic mass is 16.4. The highest BCUT2D eigenvalue weighted by molar-refractivity contribution is 5.92. The van der Waals surface area contributed by atoms with Crippen molar-refractivity contribution in [1.82, 2.24) is 5.32 Å². The SMILES string of the molecule is C#Cc1cccc(NC(=O)N[C@@H](CCO)C(=O)O)c1. The molecule has 0 radical (unpaired) electrons. The van der Waals surface area contributed by atoms with Gasteiger partial charge in [0.1, 0.15) is 6.04 Å². The molecule has 0 aliphatic heterocycles. The van der Waals surface area contributed by atoms with Crippen LogP contribution in [0.4, 0.5) is 10.5 Å². The van der Waals surface area contributed by atoms with E-state index in [4.69, 9.17) is 16.6 Å². The molecular formula is C13H14N2O4. The van der Waals surface area contributed by atoms with Crippen LogP contribution in [-0.4, -0.2) is 34.9 Å². The van der Waals surface area contributed by atoms with Crippen molar-refractivity contribution >= 4 is 17.7 Å². The Hall–Kier alpha value is -2.52. The molecule has 6 nitrogen and oxygen atoms in total. The van der Waals surface area contributed by atoms with Crippen molar-refractivity contribution in [2.24, 2.45) is 0 Å². The van der Waals surface area contributed by atoms with Gasteiger partial charge in [-0.3, -0.25) is 0 Å². The van der Waals surface area contributed by atoms with E-state index in [2.05, 4.69) is 16.6 Å². The summed E-state index contributed by atoms with van der Waals surface area (Å²) in [6.07, 6.45) is 5.16. The second-order valence-corrected chi connectivity index (χ2v) is 3.73. The van der Waals surface area contributed by atoms with Crippen LogP contribution in [0, 0.1) is 12.3 Å². The summed E-state index contributed by atoms with van der Waals surface area (Å²) in [6, 6.07) is 4.78. The van der Waals surface area contributed by atoms with E-state index in [-0.39, 0.29) is 13.0 Å². The Kier molecular flexibility index (Phi) is 5.38. The number of aliphatic hydroxyl groups is 1. The normalized spacial score (nSPS) is 11.2. The zero-order valence-electron chi connectivity index (χ0n) is 10.1. The van der Waals surface area contributed by atoms with Crippen LogP contribution in [0.15, 0.2) is 24.3 Å². The fourth-order valence-electron chi connectivity index (χ4n) is 1.40. The summed E-state index contributed by atoms with van der Waals surface area (Å²) in [4.78, 5) is 22.4. The van der Waals surface area contributed by atoms with Crippen molar-refractivity contribution in [3.8, 4) is 12.3 Å². The molecule has 6 heteroatoms. The number of terminal acetylenes is 1. The molecule has 1 aromatic carbocycles. The number of nitrogens with one attached hydrogen (secondary N) is 2. The molecule has 0 aromatic heterocycles. The first kappa shape index (κ1) is 14.5. The summed E-state index contributed by atoms with van der Waals surface area (Å²) in [6.45, 7) is -0.330. The van der Waals surface area contributed by atoms with Crippen LogP contribution in [0.3, 0.4) is 0 Å². The van der Waals surface area contributed by atoms with E-state index >= 15 is 0 Å². The number of anilines is 1. The van der Waals surface area contributed by atoms with Gasteiger partial charge in [-0.15, -0.1) is 6.42 Å². The van der Waals surface area contributed by atoms with Crippen molar-refractivity contribution in [1.29, 1.82) is 0 Å². The zero-order valence-corrected chi connectivity index (χ0v) is 10.1. The number of carboxylic acids is 1. The van der Waals surface area contributed by atoms with Crippen molar-refractivity contribution in [3.63, 3.8) is 0 Å². The van der Waals surface area contributed by atoms with Crippen LogP contribution >= 0.6 is 0 Å². The van der Waals surface area contributed by atoms with Gasteiger partial charge in [-0.05, 0) is 18.2 Å². The molecule has 0 bridgehead atoms. The summed E-state index contributed by atoms with van der Waals surface area (Å²) < 4.78 is 0. The van der Waals surface area contributed by atoms with Crippen LogP contribution < -0.4 is 10.6 Å². The molecule has 0 heterocycles. The lowest BCUT2D eigenvalue weighted by molar-refractivity contribution is -0.139. The van der Waals surface area contributed by atoms with E-state index in [0.29, 0.717) is 11.3 Å². The number of hydrogen-bond acceptors (Lipinski definition) is 3. The number of carbonyl (C=O) groups is 2. The van der Waals surface area contributed by atoms with Gasteiger partial charge in [-0.25, -0.2) is 9.59 Å². The van der Waals surface area contributed by atoms with Gasteiger partial charge in [0.25, 0.3) is 0 Å². The number of rotatable bonds is 5. The Morgan fingerprint density at radius 2 is 2.16 bits per heavy atom. The van der Waals surface area contributed by atoms with Crippen LogP contribution in [-0.2, 0) is 4.79 Å². The number of hydrogen-bond donors (Lipinski definition) is 4. The van der Waals surface area contributed by atoms with Gasteiger partial charge >= 0.3 is 12.0 Å². The second kappa shape index (κ2) is 7.03. The molecule has 2 amide bonds. The molecule has 0 saturated carbocycles. The Balaban J connectivity index is 2.63. The maximum absolute atomic E-state index is 11.6. The lowest BCUT2D eigenvalue weighted by Crippen LogP contribution is -2.43. The smallest absolute Gasteiger partial charge is 0.326 e. The maximum Gasteiger partial charge on any atom is 0.326 e. The molecule has 1 rings (SSSR count). The lowest BCUT2D eigenvalue weighted by atomic mass is 10.2. The lowest BCUT2D eigenvalue weighted by Gasteiger charge is -2.14. The van der Waals surface area contributed by atoms with Gasteiger partial charge in [0, 0.05) is 24.3 Å². The molecule has 0 unspecified atom stereocenters. The summed E-state index contributed by atoms with van der Waals surface area (Å²) in [5.41, 5.74) is 1.06. The Bertz CT molecular complexity index is 508. The van der Waals surface area contributed by atoms with E-state index in [1.165, 1.54) is 0 Å². The van der Waals surface area contributed by atoms with E-state index in [0.717, 1.165) is 0 Å². The third-order valence-electron chi connectivity index (χ3n) is 2.31. The molecule has 1 aromatic rings. The van der Waals surface area contributed by atoms with Gasteiger partial charge < -0.3 is 20.8 Å². The fourth-order valence-corrected chi connectivity index (χ4v) is 1.40. The predicted molar refractivity (Wildman–Crippen MR) is 69.7 cm³/mol. The monoisotopic (exact) mass is 262 g/mol. The van der Waals surface area contributed by atoms with E-state index < -0.39 is 18.0 Å². The summed E-state index contributed by atoms with van der Waals surface area (Å²) in [5, 5.41) is 22.2. The molecular weight excluding hydrogens is 248 g/mol. The van der Waals surface area contributed by atoms with Gasteiger partial charge in [-0.2, -0.15) is 0 Å². The first-order valence-electron chi connectivity index (χ1n) is 5.54. The highest BCUT2D eigenvalue weighted by Gasteiger charge is 2.19. The van der Waals surface area contributed by atoms with Crippen LogP contribution in [0.5, 0.6) is 0 Å². The number of carbonyl (C=O) groups excluding carboxylic acids is 1. The number of aliphatic carboxylic acids is 1. The number of amides is 2. The first-order chi connectivity index (χ1) is 9.06. The molecule has 0 aliphatic carbocycles. The van der Waals surface area contributed by atoms with Gasteiger partial charge in [0.15, 0.2) is 0 Å². The highest BCUT2D eigenvalue weighted by Crippen LogP contribution is 2.09. The van der Waals surface area contributed by atoms with Crippen LogP contribution in [0.25, 0.3) is 0 Å². The minimum Gasteiger partial charge on any atom is -0.480 e. The number of benzene rings is 1. The van der Waals surface area contributed by atoms with Crippen molar-refractivity contribution in [3.05, 3.63) is 29.8 Å². The minimum absolute atomic E-state index is 0.0624. The maximum atomic E-state index is 11.6. The molecule has 19 heavy (non-hydrogen) atoms. The molecule has 0 aliphatic rings. The van der Waals surface area contributed by atoms with E-state index in [9.17, 15) is 9.59 Å². The molecule has 0 spiro atoms. The fraction of sp³-hybridized carbons (Fsp3) is 0.231. The third-order valence-corrected chi connectivity index (χ3v) is 2.31. The van der Waals surface area contributed by atoms with Crippen LogP contribution in [0.1, 0.15) is 12.0 Å². The molecule has 0 fully saturated rings. The summed E-state index contributed by atoms with van der Waals surface area (Å²) in [5.74, 6) is 1.21. The summed E-state index contributed by atoms with van der Waals surface area (Å²) >= 11 is 0. The van der Waals surface area contributed by atoms with Crippen molar-refractivity contribution < 1.29 is 19.8 Å². The second-order valence-electron chi connectivity index (χ2n) is 3.73. The number of urea groups is 1. The molecule has 0 saturated heterocycles. The average Bonchev–Trinajstić information content (AvgIpc) is 2.38. The topological polar surface area (TPSA) is 98.7 Å². The Morgan fingerprint density at radius 3 is 2.74 bits per heavy atom. The average molecular weight is 262 g/mol. The molecule has 1 atom stereocenters. The minimum atomic E-state index is -1.21. The largest absolute Gasteiger partial charge is 0.480 e. The Morgan fingerprint density at radius 1 is 1.42 bits per heavy atom. The third kappa shape index (κ3) is 4.69. The Labute approximate surface area is 110 Å². The zero-order chi connectivity index (χ0) is 14.3. The summed E-state index contributed by atoms with van der Waals surface area (Å²) in [7, 11) is 0. The van der Waals surface area contributed by atoms with E-state index in [1.807, 2.05) is 0 Å². The number of carboxylic acid groups (broad SMARTS) is 1. The van der Waals surface area contributed by atoms with Crippen LogP contribution in [0.2, 0.25) is 0 Å². The van der Waals surface area contributed by atoms with Crippen molar-refractivity contribution in [2.45, 2.75) is 12.5 Å². The molecule has 100 valence electrons. The van der Waals surface area contributed by atoms with E-state index in [1.54, 1.807) is 24.3 Å². The van der Waals surface area contributed by atoms with Gasteiger partial charge in [-0.1, -0.05) is 12.0 Å². The van der Waals surface area contributed by atoms with Gasteiger partial charge in [0.05, 0.1) is 0 Å². The first-order valence-corrected chi connectivity index (χ1v) is 5.54. The van der Waals surface area contributed by atoms with Crippen molar-refractivity contribution in [2.75, 3.05) is 11.9 Å². The molecule has 4 N–H and O–H groups in total. The standard InChI is InChI=1S/C13H14N2O4/c1-2-9-4-3-5-10(8-9)14-13(19)15-11(6-7-16)12(17)18/h1,3-5,8,11,16H,6-7H2,(H,17,18)(H2,14,15,19)/t11-/m0/s1. The van der Waals surface area contributed by atoms with Gasteiger partial charge in [0.2, 0.25) is 0 Å².